The number of hydrogen-bond acceptors (Lipinski definition) is 3. The molecule has 0 aliphatic rings. The van der Waals surface area contributed by atoms with Crippen LogP contribution in [0.2, 0.25) is 0 Å². The minimum Gasteiger partial charge on any atom is -0.390 e. The summed E-state index contributed by atoms with van der Waals surface area (Å²) < 4.78 is 12.7. The standard InChI is InChI=1S/C13H21FN2O/c1-3-15-8-13(17)10-16(2)9-11-4-6-12(14)7-5-11/h4-7,13,15,17H,3,8-10H2,1-2H3. The van der Waals surface area contributed by atoms with E-state index in [1.807, 2.05) is 18.9 Å². The Bertz CT molecular complexity index is 316. The summed E-state index contributed by atoms with van der Waals surface area (Å²) in [6.07, 6.45) is -0.375. The predicted molar refractivity (Wildman–Crippen MR) is 67.3 cm³/mol. The SMILES string of the molecule is CCNCC(O)CN(C)Cc1ccc(F)cc1. The van der Waals surface area contributed by atoms with E-state index < -0.39 is 0 Å². The van der Waals surface area contributed by atoms with E-state index in [-0.39, 0.29) is 11.9 Å². The van der Waals surface area contributed by atoms with E-state index in [1.165, 1.54) is 12.1 Å². The monoisotopic (exact) mass is 240 g/mol. The number of benzene rings is 1. The average molecular weight is 240 g/mol. The Morgan fingerprint density at radius 1 is 1.35 bits per heavy atom. The van der Waals surface area contributed by atoms with Crippen molar-refractivity contribution in [2.24, 2.45) is 0 Å². The Hall–Kier alpha value is -0.970. The molecule has 1 rings (SSSR count). The Balaban J connectivity index is 2.33. The normalized spacial score (nSPS) is 13.0. The summed E-state index contributed by atoms with van der Waals surface area (Å²) in [5, 5.41) is 12.8. The number of rotatable bonds is 7. The molecule has 96 valence electrons. The second-order valence-electron chi connectivity index (χ2n) is 4.28. The number of likely N-dealkylation sites (N-methyl/N-ethyl adjacent to an activating group) is 2. The fourth-order valence-corrected chi connectivity index (χ4v) is 1.70. The zero-order valence-corrected chi connectivity index (χ0v) is 10.5. The highest BCUT2D eigenvalue weighted by atomic mass is 19.1. The van der Waals surface area contributed by atoms with Crippen molar-refractivity contribution in [1.82, 2.24) is 10.2 Å². The van der Waals surface area contributed by atoms with E-state index in [1.54, 1.807) is 12.1 Å². The average Bonchev–Trinajstić information content (AvgIpc) is 2.29. The van der Waals surface area contributed by atoms with E-state index in [0.717, 1.165) is 12.1 Å². The summed E-state index contributed by atoms with van der Waals surface area (Å²) in [6, 6.07) is 6.45. The van der Waals surface area contributed by atoms with Crippen molar-refractivity contribution in [3.63, 3.8) is 0 Å². The summed E-state index contributed by atoms with van der Waals surface area (Å²) in [5.41, 5.74) is 1.05. The van der Waals surface area contributed by atoms with Crippen LogP contribution in [0.4, 0.5) is 4.39 Å². The number of hydrogen-bond donors (Lipinski definition) is 2. The van der Waals surface area contributed by atoms with E-state index >= 15 is 0 Å². The number of halogens is 1. The maximum Gasteiger partial charge on any atom is 0.123 e. The molecule has 3 nitrogen and oxygen atoms in total. The molecule has 1 unspecified atom stereocenters. The molecule has 0 radical (unpaired) electrons. The van der Waals surface area contributed by atoms with Crippen LogP contribution >= 0.6 is 0 Å². The van der Waals surface area contributed by atoms with E-state index in [2.05, 4.69) is 5.32 Å². The molecule has 0 saturated heterocycles. The van der Waals surface area contributed by atoms with Crippen LogP contribution in [0.1, 0.15) is 12.5 Å². The van der Waals surface area contributed by atoms with E-state index in [0.29, 0.717) is 19.6 Å². The molecular formula is C13H21FN2O. The van der Waals surface area contributed by atoms with Crippen LogP contribution in [0.25, 0.3) is 0 Å². The summed E-state index contributed by atoms with van der Waals surface area (Å²) in [4.78, 5) is 2.02. The first kappa shape index (κ1) is 14.1. The minimum absolute atomic E-state index is 0.219. The molecule has 0 spiro atoms. The van der Waals surface area contributed by atoms with E-state index in [4.69, 9.17) is 0 Å². The van der Waals surface area contributed by atoms with Crippen LogP contribution in [0.15, 0.2) is 24.3 Å². The Kier molecular flexibility index (Phi) is 6.11. The van der Waals surface area contributed by atoms with Gasteiger partial charge in [0.1, 0.15) is 5.82 Å². The maximum atomic E-state index is 12.7. The summed E-state index contributed by atoms with van der Waals surface area (Å²) in [5.74, 6) is -0.219. The van der Waals surface area contributed by atoms with Crippen LogP contribution in [0, 0.1) is 5.82 Å². The van der Waals surface area contributed by atoms with E-state index in [9.17, 15) is 9.50 Å². The van der Waals surface area contributed by atoms with Crippen molar-refractivity contribution >= 4 is 0 Å². The number of nitrogens with one attached hydrogen (secondary N) is 1. The van der Waals surface area contributed by atoms with Gasteiger partial charge in [0.25, 0.3) is 0 Å². The third kappa shape index (κ3) is 5.77. The van der Waals surface area contributed by atoms with Crippen molar-refractivity contribution < 1.29 is 9.50 Å². The molecule has 0 bridgehead atoms. The minimum atomic E-state index is -0.375. The van der Waals surface area contributed by atoms with Gasteiger partial charge in [0.05, 0.1) is 6.10 Å². The highest BCUT2D eigenvalue weighted by Crippen LogP contribution is 2.05. The molecule has 4 heteroatoms. The lowest BCUT2D eigenvalue weighted by atomic mass is 10.2. The zero-order valence-electron chi connectivity index (χ0n) is 10.5. The molecular weight excluding hydrogens is 219 g/mol. The largest absolute Gasteiger partial charge is 0.390 e. The van der Waals surface area contributed by atoms with Gasteiger partial charge in [-0.2, -0.15) is 0 Å². The first-order valence-corrected chi connectivity index (χ1v) is 5.93. The Labute approximate surface area is 102 Å². The second kappa shape index (κ2) is 7.37. The van der Waals surface area contributed by atoms with Crippen LogP contribution in [-0.4, -0.2) is 42.8 Å². The first-order valence-electron chi connectivity index (χ1n) is 5.93. The number of aliphatic hydroxyl groups excluding tert-OH is 1. The third-order valence-corrected chi connectivity index (χ3v) is 2.52. The molecule has 0 saturated carbocycles. The van der Waals surface area contributed by atoms with Gasteiger partial charge in [-0.05, 0) is 31.3 Å². The number of nitrogens with zero attached hydrogens (tertiary/aromatic N) is 1. The Morgan fingerprint density at radius 2 is 2.00 bits per heavy atom. The lowest BCUT2D eigenvalue weighted by Crippen LogP contribution is -2.36. The summed E-state index contributed by atoms with van der Waals surface area (Å²) in [6.45, 7) is 4.78. The van der Waals surface area contributed by atoms with Crippen molar-refractivity contribution in [2.75, 3.05) is 26.7 Å². The Morgan fingerprint density at radius 3 is 2.59 bits per heavy atom. The predicted octanol–water partition coefficient (Wildman–Crippen LogP) is 1.23. The second-order valence-corrected chi connectivity index (χ2v) is 4.28. The van der Waals surface area contributed by atoms with Gasteiger partial charge < -0.3 is 10.4 Å². The first-order chi connectivity index (χ1) is 8.11. The van der Waals surface area contributed by atoms with Gasteiger partial charge >= 0.3 is 0 Å². The molecule has 0 aliphatic carbocycles. The highest BCUT2D eigenvalue weighted by Gasteiger charge is 2.07. The molecule has 1 aromatic rings. The van der Waals surface area contributed by atoms with Crippen molar-refractivity contribution in [1.29, 1.82) is 0 Å². The smallest absolute Gasteiger partial charge is 0.123 e. The zero-order chi connectivity index (χ0) is 12.7. The molecule has 0 fully saturated rings. The van der Waals surface area contributed by atoms with Gasteiger partial charge in [-0.3, -0.25) is 4.90 Å². The van der Waals surface area contributed by atoms with Crippen molar-refractivity contribution in [3.8, 4) is 0 Å². The number of aliphatic hydroxyl groups is 1. The van der Waals surface area contributed by atoms with Crippen LogP contribution < -0.4 is 5.32 Å². The molecule has 0 aliphatic heterocycles. The topological polar surface area (TPSA) is 35.5 Å². The van der Waals surface area contributed by atoms with Crippen molar-refractivity contribution in [3.05, 3.63) is 35.6 Å². The molecule has 0 aromatic heterocycles. The van der Waals surface area contributed by atoms with Gasteiger partial charge in [0.15, 0.2) is 0 Å². The maximum absolute atomic E-state index is 12.7. The lowest BCUT2D eigenvalue weighted by molar-refractivity contribution is 0.122. The molecule has 1 aromatic carbocycles. The highest BCUT2D eigenvalue weighted by molar-refractivity contribution is 5.15. The van der Waals surface area contributed by atoms with Crippen LogP contribution in [-0.2, 0) is 6.54 Å². The fraction of sp³-hybridized carbons (Fsp3) is 0.538. The van der Waals surface area contributed by atoms with Crippen molar-refractivity contribution in [2.45, 2.75) is 19.6 Å². The third-order valence-electron chi connectivity index (χ3n) is 2.52. The molecule has 1 atom stereocenters. The van der Waals surface area contributed by atoms with Gasteiger partial charge in [0, 0.05) is 19.6 Å². The molecule has 0 amide bonds. The molecule has 2 N–H and O–H groups in total. The molecule has 17 heavy (non-hydrogen) atoms. The van der Waals surface area contributed by atoms with Gasteiger partial charge in [-0.1, -0.05) is 19.1 Å². The molecule has 0 heterocycles. The van der Waals surface area contributed by atoms with Gasteiger partial charge in [-0.15, -0.1) is 0 Å². The van der Waals surface area contributed by atoms with Crippen LogP contribution in [0.3, 0.4) is 0 Å². The van der Waals surface area contributed by atoms with Crippen LogP contribution in [0.5, 0.6) is 0 Å². The van der Waals surface area contributed by atoms with Gasteiger partial charge in [0.2, 0.25) is 0 Å². The van der Waals surface area contributed by atoms with Gasteiger partial charge in [-0.25, -0.2) is 4.39 Å². The summed E-state index contributed by atoms with van der Waals surface area (Å²) >= 11 is 0. The summed E-state index contributed by atoms with van der Waals surface area (Å²) in [7, 11) is 1.94. The quantitative estimate of drug-likeness (QED) is 0.752. The lowest BCUT2D eigenvalue weighted by Gasteiger charge is -2.20. The fourth-order valence-electron chi connectivity index (χ4n) is 1.70.